The molecule has 2 rings (SSSR count). The summed E-state index contributed by atoms with van der Waals surface area (Å²) in [6.45, 7) is 3.55. The van der Waals surface area contributed by atoms with Crippen molar-refractivity contribution in [2.75, 3.05) is 26.7 Å². The van der Waals surface area contributed by atoms with E-state index in [0.717, 1.165) is 25.9 Å². The standard InChI is InChI=1S/C17H24FN3O3/c1-12(24-15-5-3-4-13(18)10-15)17(23)20-14-6-8-21(9-7-14)11-16(22)19-2/h3-5,10,12,14H,6-9,11H2,1-2H3,(H,19,22)(H,20,23). The summed E-state index contributed by atoms with van der Waals surface area (Å²) in [7, 11) is 1.62. The molecule has 0 aliphatic carbocycles. The number of amides is 2. The number of ether oxygens (including phenoxy) is 1. The van der Waals surface area contributed by atoms with Crippen LogP contribution in [0.4, 0.5) is 4.39 Å². The van der Waals surface area contributed by atoms with Crippen molar-refractivity contribution in [2.45, 2.75) is 31.9 Å². The highest BCUT2D eigenvalue weighted by Gasteiger charge is 2.24. The van der Waals surface area contributed by atoms with Gasteiger partial charge in [0.25, 0.3) is 5.91 Å². The maximum Gasteiger partial charge on any atom is 0.260 e. The Bertz CT molecular complexity index is 574. The lowest BCUT2D eigenvalue weighted by Crippen LogP contribution is -2.49. The number of rotatable bonds is 6. The summed E-state index contributed by atoms with van der Waals surface area (Å²) in [6.07, 6.45) is 0.876. The van der Waals surface area contributed by atoms with E-state index in [-0.39, 0.29) is 17.9 Å². The summed E-state index contributed by atoms with van der Waals surface area (Å²) in [6, 6.07) is 5.80. The second kappa shape index (κ2) is 8.63. The Balaban J connectivity index is 1.75. The van der Waals surface area contributed by atoms with Gasteiger partial charge >= 0.3 is 0 Å². The average Bonchev–Trinajstić information content (AvgIpc) is 2.56. The first-order chi connectivity index (χ1) is 11.5. The molecule has 1 aromatic rings. The maximum absolute atomic E-state index is 13.1. The van der Waals surface area contributed by atoms with Crippen LogP contribution >= 0.6 is 0 Å². The fraction of sp³-hybridized carbons (Fsp3) is 0.529. The molecular weight excluding hydrogens is 313 g/mol. The Morgan fingerprint density at radius 2 is 2.08 bits per heavy atom. The van der Waals surface area contributed by atoms with E-state index in [9.17, 15) is 14.0 Å². The molecule has 0 saturated carbocycles. The number of halogens is 1. The first-order valence-electron chi connectivity index (χ1n) is 8.13. The fourth-order valence-corrected chi connectivity index (χ4v) is 2.63. The number of likely N-dealkylation sites (tertiary alicyclic amines) is 1. The van der Waals surface area contributed by atoms with Gasteiger partial charge in [0.05, 0.1) is 6.54 Å². The Morgan fingerprint density at radius 3 is 2.71 bits per heavy atom. The Labute approximate surface area is 141 Å². The Hall–Kier alpha value is -2.15. The number of hydrogen-bond donors (Lipinski definition) is 2. The SMILES string of the molecule is CNC(=O)CN1CCC(NC(=O)C(C)Oc2cccc(F)c2)CC1. The lowest BCUT2D eigenvalue weighted by Gasteiger charge is -2.32. The molecule has 0 spiro atoms. The van der Waals surface area contributed by atoms with Crippen molar-refractivity contribution < 1.29 is 18.7 Å². The van der Waals surface area contributed by atoms with Gasteiger partial charge in [0, 0.05) is 32.2 Å². The zero-order valence-electron chi connectivity index (χ0n) is 14.0. The van der Waals surface area contributed by atoms with Crippen molar-refractivity contribution in [1.29, 1.82) is 0 Å². The summed E-state index contributed by atoms with van der Waals surface area (Å²) in [5.74, 6) is -0.291. The highest BCUT2D eigenvalue weighted by atomic mass is 19.1. The van der Waals surface area contributed by atoms with Crippen molar-refractivity contribution in [3.63, 3.8) is 0 Å². The van der Waals surface area contributed by atoms with Crippen molar-refractivity contribution in [3.8, 4) is 5.75 Å². The van der Waals surface area contributed by atoms with E-state index < -0.39 is 11.9 Å². The van der Waals surface area contributed by atoms with Crippen molar-refractivity contribution >= 4 is 11.8 Å². The topological polar surface area (TPSA) is 70.7 Å². The molecule has 0 aromatic heterocycles. The average molecular weight is 337 g/mol. The first kappa shape index (κ1) is 18.2. The van der Waals surface area contributed by atoms with Crippen LogP contribution in [0.3, 0.4) is 0 Å². The van der Waals surface area contributed by atoms with Crippen molar-refractivity contribution in [3.05, 3.63) is 30.1 Å². The van der Waals surface area contributed by atoms with Crippen LogP contribution < -0.4 is 15.4 Å². The molecule has 1 heterocycles. The summed E-state index contributed by atoms with van der Waals surface area (Å²) >= 11 is 0. The van der Waals surface area contributed by atoms with Gasteiger partial charge in [-0.15, -0.1) is 0 Å². The summed E-state index contributed by atoms with van der Waals surface area (Å²) in [5.41, 5.74) is 0. The van der Waals surface area contributed by atoms with Gasteiger partial charge in [-0.25, -0.2) is 4.39 Å². The predicted molar refractivity (Wildman–Crippen MR) is 88.2 cm³/mol. The molecule has 0 bridgehead atoms. The molecular formula is C17H24FN3O3. The largest absolute Gasteiger partial charge is 0.481 e. The minimum Gasteiger partial charge on any atom is -0.481 e. The molecule has 6 nitrogen and oxygen atoms in total. The third-order valence-electron chi connectivity index (χ3n) is 4.06. The quantitative estimate of drug-likeness (QED) is 0.810. The number of likely N-dealkylation sites (N-methyl/N-ethyl adjacent to an activating group) is 1. The smallest absolute Gasteiger partial charge is 0.260 e. The van der Waals surface area contributed by atoms with Gasteiger partial charge in [-0.1, -0.05) is 6.07 Å². The molecule has 2 amide bonds. The summed E-state index contributed by atoms with van der Waals surface area (Å²) in [5, 5.41) is 5.56. The molecule has 1 unspecified atom stereocenters. The molecule has 0 radical (unpaired) electrons. The van der Waals surface area contributed by atoms with Gasteiger partial charge in [0.15, 0.2) is 6.10 Å². The Kier molecular flexibility index (Phi) is 6.54. The molecule has 7 heteroatoms. The fourth-order valence-electron chi connectivity index (χ4n) is 2.63. The van der Waals surface area contributed by atoms with Crippen molar-refractivity contribution in [1.82, 2.24) is 15.5 Å². The minimum atomic E-state index is -0.698. The van der Waals surface area contributed by atoms with E-state index in [2.05, 4.69) is 15.5 Å². The molecule has 1 aromatic carbocycles. The van der Waals surface area contributed by atoms with Crippen LogP contribution in [0.1, 0.15) is 19.8 Å². The number of piperidine rings is 1. The molecule has 1 saturated heterocycles. The first-order valence-corrected chi connectivity index (χ1v) is 8.13. The minimum absolute atomic E-state index is 0.00500. The second-order valence-electron chi connectivity index (χ2n) is 5.95. The van der Waals surface area contributed by atoms with Gasteiger partial charge in [0.1, 0.15) is 11.6 Å². The number of hydrogen-bond acceptors (Lipinski definition) is 4. The van der Waals surface area contributed by atoms with Crippen LogP contribution in [0, 0.1) is 5.82 Å². The molecule has 1 atom stereocenters. The van der Waals surface area contributed by atoms with Gasteiger partial charge in [-0.3, -0.25) is 14.5 Å². The number of carbonyl (C=O) groups is 2. The number of carbonyl (C=O) groups excluding carboxylic acids is 2. The van der Waals surface area contributed by atoms with Crippen LogP contribution in [0.2, 0.25) is 0 Å². The van der Waals surface area contributed by atoms with Crippen LogP contribution in [-0.2, 0) is 9.59 Å². The second-order valence-corrected chi connectivity index (χ2v) is 5.95. The maximum atomic E-state index is 13.1. The van der Waals surface area contributed by atoms with E-state index in [1.54, 1.807) is 20.0 Å². The molecule has 1 fully saturated rings. The molecule has 2 N–H and O–H groups in total. The number of nitrogens with zero attached hydrogens (tertiary/aromatic N) is 1. The van der Waals surface area contributed by atoms with Gasteiger partial charge in [-0.2, -0.15) is 0 Å². The predicted octanol–water partition coefficient (Wildman–Crippen LogP) is 0.920. The van der Waals surface area contributed by atoms with E-state index in [1.807, 2.05) is 0 Å². The number of nitrogens with one attached hydrogen (secondary N) is 2. The number of benzene rings is 1. The van der Waals surface area contributed by atoms with Crippen LogP contribution in [-0.4, -0.2) is 55.5 Å². The molecule has 24 heavy (non-hydrogen) atoms. The van der Waals surface area contributed by atoms with E-state index >= 15 is 0 Å². The molecule has 132 valence electrons. The molecule has 1 aliphatic heterocycles. The zero-order valence-corrected chi connectivity index (χ0v) is 14.0. The van der Waals surface area contributed by atoms with Gasteiger partial charge in [-0.05, 0) is 31.9 Å². The van der Waals surface area contributed by atoms with Gasteiger partial charge in [0.2, 0.25) is 5.91 Å². The monoisotopic (exact) mass is 337 g/mol. The molecule has 1 aliphatic rings. The summed E-state index contributed by atoms with van der Waals surface area (Å²) < 4.78 is 18.6. The Morgan fingerprint density at radius 1 is 1.38 bits per heavy atom. The van der Waals surface area contributed by atoms with Crippen LogP contribution in [0.15, 0.2) is 24.3 Å². The van der Waals surface area contributed by atoms with Crippen molar-refractivity contribution in [2.24, 2.45) is 0 Å². The third-order valence-corrected chi connectivity index (χ3v) is 4.06. The van der Waals surface area contributed by atoms with Crippen LogP contribution in [0.25, 0.3) is 0 Å². The van der Waals surface area contributed by atoms with Crippen LogP contribution in [0.5, 0.6) is 5.75 Å². The highest BCUT2D eigenvalue weighted by Crippen LogP contribution is 2.15. The van der Waals surface area contributed by atoms with Gasteiger partial charge < -0.3 is 15.4 Å². The van der Waals surface area contributed by atoms with E-state index in [1.165, 1.54) is 18.2 Å². The summed E-state index contributed by atoms with van der Waals surface area (Å²) in [4.78, 5) is 25.6. The lowest BCUT2D eigenvalue weighted by molar-refractivity contribution is -0.128. The van der Waals surface area contributed by atoms with E-state index in [0.29, 0.717) is 12.3 Å². The lowest BCUT2D eigenvalue weighted by atomic mass is 10.0. The normalized spacial score (nSPS) is 17.1. The highest BCUT2D eigenvalue weighted by molar-refractivity contribution is 5.81. The van der Waals surface area contributed by atoms with E-state index in [4.69, 9.17) is 4.74 Å². The zero-order chi connectivity index (χ0) is 17.5. The third kappa shape index (κ3) is 5.49.